The summed E-state index contributed by atoms with van der Waals surface area (Å²) in [6.07, 6.45) is -2.50. The normalized spacial score (nSPS) is 24.2. The lowest BCUT2D eigenvalue weighted by Gasteiger charge is -2.18. The minimum atomic E-state index is -2.66. The van der Waals surface area contributed by atoms with Crippen LogP contribution >= 0.6 is 8.18 Å². The van der Waals surface area contributed by atoms with Gasteiger partial charge in [-0.1, -0.05) is 13.8 Å². The number of nitrogens with zero attached hydrogens (tertiary/aromatic N) is 4. The minimum Gasteiger partial charge on any atom is -0.390 e. The zero-order chi connectivity index (χ0) is 22.0. The molecule has 0 aliphatic carbocycles. The zero-order valence-corrected chi connectivity index (χ0v) is 17.2. The van der Waals surface area contributed by atoms with Crippen molar-refractivity contribution in [1.29, 1.82) is 0 Å². The Bertz CT molecular complexity index is 925. The molecule has 0 saturated carbocycles. The van der Waals surface area contributed by atoms with Crippen LogP contribution in [0.5, 0.6) is 0 Å². The molecule has 1 aliphatic heterocycles. The molecule has 0 spiro atoms. The fourth-order valence-electron chi connectivity index (χ4n) is 3.00. The highest BCUT2D eigenvalue weighted by atomic mass is 31.1. The number of hydrogen-bond acceptors (Lipinski definition) is 11. The molecule has 0 bridgehead atoms. The maximum absolute atomic E-state index is 11.9. The highest BCUT2D eigenvalue weighted by molar-refractivity contribution is 7.37. The second kappa shape index (κ2) is 9.25. The molecule has 30 heavy (non-hydrogen) atoms. The lowest BCUT2D eigenvalue weighted by molar-refractivity contribution is -0.135. The molecule has 164 valence electrons. The maximum Gasteiger partial charge on any atom is 0.646 e. The zero-order valence-electron chi connectivity index (χ0n) is 16.3. The third-order valence-corrected chi connectivity index (χ3v) is 5.47. The number of rotatable bonds is 8. The number of nitrogen functional groups attached to an aromatic ring is 1. The van der Waals surface area contributed by atoms with Crippen LogP contribution in [0.1, 0.15) is 26.5 Å². The highest BCUT2D eigenvalue weighted by Crippen LogP contribution is 2.32. The predicted molar refractivity (Wildman–Crippen MR) is 103 cm³/mol. The number of imidazole rings is 1. The van der Waals surface area contributed by atoms with Gasteiger partial charge in [-0.3, -0.25) is 9.36 Å². The molecule has 2 aromatic heterocycles. The first-order chi connectivity index (χ1) is 14.2. The smallest absolute Gasteiger partial charge is 0.390 e. The summed E-state index contributed by atoms with van der Waals surface area (Å²) >= 11 is 0. The van der Waals surface area contributed by atoms with Crippen LogP contribution in [-0.4, -0.2) is 71.8 Å². The Hall–Kier alpha value is -2.28. The van der Waals surface area contributed by atoms with E-state index in [9.17, 15) is 24.7 Å². The Morgan fingerprint density at radius 3 is 2.87 bits per heavy atom. The van der Waals surface area contributed by atoms with Crippen LogP contribution in [0.4, 0.5) is 5.82 Å². The van der Waals surface area contributed by atoms with E-state index >= 15 is 0 Å². The minimum absolute atomic E-state index is 0.177. The summed E-state index contributed by atoms with van der Waals surface area (Å²) in [6.45, 7) is 3.07. The number of aliphatic hydroxyl groups is 3. The van der Waals surface area contributed by atoms with Gasteiger partial charge in [-0.2, -0.15) is 0 Å². The number of nitrogens with one attached hydrogen (secondary N) is 1. The summed E-state index contributed by atoms with van der Waals surface area (Å²) < 4.78 is 24.3. The molecule has 3 rings (SSSR count). The fraction of sp³-hybridized carbons (Fsp3) is 0.625. The topological polar surface area (TPSA) is 195 Å². The van der Waals surface area contributed by atoms with Crippen molar-refractivity contribution in [2.75, 3.05) is 12.3 Å². The molecule has 6 N–H and O–H groups in total. The number of anilines is 1. The van der Waals surface area contributed by atoms with Gasteiger partial charge in [0.1, 0.15) is 24.6 Å². The van der Waals surface area contributed by atoms with Gasteiger partial charge >= 0.3 is 8.18 Å². The number of fused-ring (bicyclic) bond motifs is 1. The summed E-state index contributed by atoms with van der Waals surface area (Å²) in [5.41, 5.74) is 6.52. The molecule has 1 amide bonds. The highest BCUT2D eigenvalue weighted by Gasteiger charge is 2.39. The van der Waals surface area contributed by atoms with Gasteiger partial charge in [0.15, 0.2) is 23.8 Å². The molecular weight excluding hydrogens is 419 g/mol. The molecule has 1 saturated heterocycles. The first kappa shape index (κ1) is 22.4. The van der Waals surface area contributed by atoms with Crippen LogP contribution in [-0.2, 0) is 18.6 Å². The van der Waals surface area contributed by atoms with Crippen molar-refractivity contribution in [3.8, 4) is 0 Å². The van der Waals surface area contributed by atoms with Crippen LogP contribution in [0.2, 0.25) is 0 Å². The second-order valence-corrected chi connectivity index (χ2v) is 8.24. The Morgan fingerprint density at radius 2 is 2.17 bits per heavy atom. The van der Waals surface area contributed by atoms with Crippen molar-refractivity contribution in [2.45, 2.75) is 50.9 Å². The van der Waals surface area contributed by atoms with Crippen LogP contribution in [0, 0.1) is 5.92 Å². The largest absolute Gasteiger partial charge is 0.646 e. The number of nitrogens with two attached hydrogens (primary N) is 1. The van der Waals surface area contributed by atoms with Gasteiger partial charge in [-0.25, -0.2) is 15.0 Å². The summed E-state index contributed by atoms with van der Waals surface area (Å²) in [6, 6.07) is 0. The standard InChI is InChI=1S/C16H23N6O7P/c1-7(2)11(24)12(25)15(26)21-30(27)28-4-8-3-9(23)16(29-8)22-6-20-10-13(17)18-5-19-14(10)22/h5-9,11-12,16,23-25H,3-4H2,1-2H3,(H2-,17,18,19,21,26,27)/p+1/t8-,9-,11+,12-,16+/m0/s1. The van der Waals surface area contributed by atoms with E-state index < -0.39 is 44.7 Å². The van der Waals surface area contributed by atoms with Gasteiger partial charge in [0.05, 0.1) is 18.5 Å². The molecule has 2 aromatic rings. The number of aromatic nitrogens is 4. The van der Waals surface area contributed by atoms with Crippen molar-refractivity contribution in [2.24, 2.45) is 5.92 Å². The van der Waals surface area contributed by atoms with E-state index in [-0.39, 0.29) is 24.8 Å². The molecule has 6 atom stereocenters. The maximum atomic E-state index is 11.9. The number of carbonyl (C=O) groups is 1. The summed E-state index contributed by atoms with van der Waals surface area (Å²) in [7, 11) is -2.66. The summed E-state index contributed by atoms with van der Waals surface area (Å²) in [5, 5.41) is 31.8. The first-order valence-electron chi connectivity index (χ1n) is 9.22. The van der Waals surface area contributed by atoms with E-state index in [4.69, 9.17) is 15.0 Å². The van der Waals surface area contributed by atoms with E-state index in [0.29, 0.717) is 11.2 Å². The van der Waals surface area contributed by atoms with Crippen molar-refractivity contribution in [3.05, 3.63) is 12.7 Å². The quantitative estimate of drug-likeness (QED) is 0.321. The molecule has 1 fully saturated rings. The van der Waals surface area contributed by atoms with Gasteiger partial charge in [0.25, 0.3) is 5.91 Å². The van der Waals surface area contributed by atoms with Gasteiger partial charge in [-0.05, 0) is 10.5 Å². The number of aliphatic hydroxyl groups excluding tert-OH is 3. The van der Waals surface area contributed by atoms with E-state index in [1.165, 1.54) is 17.2 Å². The van der Waals surface area contributed by atoms with Crippen LogP contribution < -0.4 is 10.8 Å². The van der Waals surface area contributed by atoms with E-state index in [0.717, 1.165) is 0 Å². The molecule has 0 aromatic carbocycles. The van der Waals surface area contributed by atoms with Gasteiger partial charge in [0.2, 0.25) is 0 Å². The molecule has 1 unspecified atom stereocenters. The van der Waals surface area contributed by atoms with Crippen LogP contribution in [0.15, 0.2) is 12.7 Å². The summed E-state index contributed by atoms with van der Waals surface area (Å²) in [4.78, 5) is 23.9. The third-order valence-electron chi connectivity index (χ3n) is 4.68. The molecular formula is C16H24N6O7P+. The van der Waals surface area contributed by atoms with Gasteiger partial charge in [-0.15, -0.1) is 9.61 Å². The van der Waals surface area contributed by atoms with Gasteiger partial charge in [0, 0.05) is 6.42 Å². The number of amides is 1. The molecule has 0 radical (unpaired) electrons. The Labute approximate surface area is 172 Å². The average molecular weight is 443 g/mol. The average Bonchev–Trinajstić information content (AvgIpc) is 3.28. The molecule has 14 heteroatoms. The van der Waals surface area contributed by atoms with Crippen molar-refractivity contribution < 1.29 is 33.9 Å². The molecule has 13 nitrogen and oxygen atoms in total. The Morgan fingerprint density at radius 1 is 1.43 bits per heavy atom. The number of ether oxygens (including phenoxy) is 1. The first-order valence-corrected chi connectivity index (χ1v) is 10.4. The monoisotopic (exact) mass is 443 g/mol. The fourth-order valence-corrected chi connectivity index (χ4v) is 3.68. The third kappa shape index (κ3) is 4.72. The van der Waals surface area contributed by atoms with Crippen LogP contribution in [0.3, 0.4) is 0 Å². The Balaban J connectivity index is 1.54. The lowest BCUT2D eigenvalue weighted by atomic mass is 10.0. The predicted octanol–water partition coefficient (Wildman–Crippen LogP) is -0.775. The van der Waals surface area contributed by atoms with Crippen LogP contribution in [0.25, 0.3) is 11.2 Å². The van der Waals surface area contributed by atoms with E-state index in [1.54, 1.807) is 13.8 Å². The van der Waals surface area contributed by atoms with Crippen molar-refractivity contribution in [1.82, 2.24) is 24.6 Å². The SMILES string of the molecule is CC(C)[C@@H](O)[C@H](O)C(=O)N[P+](=O)OC[C@@H]1C[C@H](O)[C@H](n2cnc3c(N)ncnc32)O1. The Kier molecular flexibility index (Phi) is 6.91. The number of hydrogen-bond donors (Lipinski definition) is 5. The van der Waals surface area contributed by atoms with Gasteiger partial charge < -0.3 is 25.8 Å². The van der Waals surface area contributed by atoms with Crippen molar-refractivity contribution >= 4 is 31.1 Å². The lowest BCUT2D eigenvalue weighted by Crippen LogP contribution is -2.42. The number of carbonyl (C=O) groups excluding carboxylic acids is 1. The van der Waals surface area contributed by atoms with E-state index in [2.05, 4.69) is 15.0 Å². The van der Waals surface area contributed by atoms with Crippen molar-refractivity contribution in [3.63, 3.8) is 0 Å². The summed E-state index contributed by atoms with van der Waals surface area (Å²) in [5.74, 6) is -1.18. The molecule has 1 aliphatic rings. The van der Waals surface area contributed by atoms with E-state index in [1.807, 2.05) is 5.09 Å². The molecule has 3 heterocycles. The second-order valence-electron chi connectivity index (χ2n) is 7.24.